The van der Waals surface area contributed by atoms with Crippen LogP contribution in [0.2, 0.25) is 0 Å². The van der Waals surface area contributed by atoms with Crippen LogP contribution in [0, 0.1) is 11.3 Å². The van der Waals surface area contributed by atoms with Gasteiger partial charge in [0.25, 0.3) is 5.91 Å². The van der Waals surface area contributed by atoms with Gasteiger partial charge in [-0.05, 0) is 36.1 Å². The summed E-state index contributed by atoms with van der Waals surface area (Å²) in [7, 11) is -3.28. The summed E-state index contributed by atoms with van der Waals surface area (Å²) in [6.07, 6.45) is 0.395. The second-order valence-electron chi connectivity index (χ2n) is 5.64. The molecular formula is C17H16N2O3S2. The van der Waals surface area contributed by atoms with Crippen LogP contribution in [0.4, 0.5) is 0 Å². The third-order valence-corrected chi connectivity index (χ3v) is 7.37. The number of nitriles is 1. The van der Waals surface area contributed by atoms with Crippen molar-refractivity contribution in [2.75, 3.05) is 18.8 Å². The molecule has 2 aromatic rings. The summed E-state index contributed by atoms with van der Waals surface area (Å²) >= 11 is 1.43. The van der Waals surface area contributed by atoms with Crippen molar-refractivity contribution in [3.8, 4) is 6.07 Å². The SMILES string of the molecule is N#Cc1cccc(C(=O)N2CCC(c3cccs3)S(=O)(=O)CC2)c1. The van der Waals surface area contributed by atoms with Crippen LogP contribution >= 0.6 is 11.3 Å². The molecule has 1 aliphatic rings. The molecule has 124 valence electrons. The Morgan fingerprint density at radius 2 is 2.08 bits per heavy atom. The number of amides is 1. The lowest BCUT2D eigenvalue weighted by molar-refractivity contribution is 0.0766. The Morgan fingerprint density at radius 1 is 1.25 bits per heavy atom. The zero-order chi connectivity index (χ0) is 17.2. The van der Waals surface area contributed by atoms with Crippen LogP contribution in [0.3, 0.4) is 0 Å². The Labute approximate surface area is 145 Å². The number of nitrogens with zero attached hydrogens (tertiary/aromatic N) is 2. The molecule has 0 aliphatic carbocycles. The zero-order valence-electron chi connectivity index (χ0n) is 12.9. The van der Waals surface area contributed by atoms with Gasteiger partial charge in [-0.15, -0.1) is 11.3 Å². The van der Waals surface area contributed by atoms with E-state index in [9.17, 15) is 13.2 Å². The van der Waals surface area contributed by atoms with Gasteiger partial charge in [0.2, 0.25) is 0 Å². The highest BCUT2D eigenvalue weighted by molar-refractivity contribution is 7.91. The van der Waals surface area contributed by atoms with Crippen molar-refractivity contribution >= 4 is 27.1 Å². The van der Waals surface area contributed by atoms with Crippen LogP contribution in [0.1, 0.15) is 32.5 Å². The first-order valence-electron chi connectivity index (χ1n) is 7.55. The predicted molar refractivity (Wildman–Crippen MR) is 92.5 cm³/mol. The molecule has 0 radical (unpaired) electrons. The largest absolute Gasteiger partial charge is 0.338 e. The first-order valence-corrected chi connectivity index (χ1v) is 10.2. The Kier molecular flexibility index (Phi) is 4.69. The van der Waals surface area contributed by atoms with Crippen molar-refractivity contribution in [1.29, 1.82) is 5.26 Å². The molecule has 2 heterocycles. The number of rotatable bonds is 2. The fourth-order valence-electron chi connectivity index (χ4n) is 2.85. The average molecular weight is 360 g/mol. The number of hydrogen-bond acceptors (Lipinski definition) is 5. The van der Waals surface area contributed by atoms with Crippen LogP contribution in [0.5, 0.6) is 0 Å². The van der Waals surface area contributed by atoms with Crippen molar-refractivity contribution in [1.82, 2.24) is 4.90 Å². The van der Waals surface area contributed by atoms with E-state index in [1.165, 1.54) is 11.3 Å². The molecular weight excluding hydrogens is 344 g/mol. The van der Waals surface area contributed by atoms with Gasteiger partial charge in [0, 0.05) is 23.5 Å². The Balaban J connectivity index is 1.82. The first-order chi connectivity index (χ1) is 11.5. The molecule has 3 rings (SSSR count). The zero-order valence-corrected chi connectivity index (χ0v) is 14.5. The van der Waals surface area contributed by atoms with E-state index in [4.69, 9.17) is 5.26 Å². The smallest absolute Gasteiger partial charge is 0.253 e. The average Bonchev–Trinajstić information content (AvgIpc) is 3.06. The molecule has 0 saturated carbocycles. The molecule has 7 heteroatoms. The van der Waals surface area contributed by atoms with E-state index in [0.29, 0.717) is 24.1 Å². The maximum absolute atomic E-state index is 12.6. The summed E-state index contributed by atoms with van der Waals surface area (Å²) in [6.45, 7) is 0.567. The van der Waals surface area contributed by atoms with Crippen molar-refractivity contribution in [2.45, 2.75) is 11.7 Å². The van der Waals surface area contributed by atoms with E-state index in [0.717, 1.165) is 4.88 Å². The van der Waals surface area contributed by atoms with Crippen molar-refractivity contribution < 1.29 is 13.2 Å². The molecule has 1 aromatic heterocycles. The molecule has 1 aromatic carbocycles. The van der Waals surface area contributed by atoms with Gasteiger partial charge in [0.1, 0.15) is 0 Å². The maximum Gasteiger partial charge on any atom is 0.253 e. The molecule has 1 unspecified atom stereocenters. The number of hydrogen-bond donors (Lipinski definition) is 0. The fraction of sp³-hybridized carbons (Fsp3) is 0.294. The third-order valence-electron chi connectivity index (χ3n) is 4.13. The van der Waals surface area contributed by atoms with Crippen LogP contribution in [-0.4, -0.2) is 38.1 Å². The molecule has 5 nitrogen and oxygen atoms in total. The van der Waals surface area contributed by atoms with Gasteiger partial charge in [0.05, 0.1) is 22.6 Å². The molecule has 0 spiro atoms. The van der Waals surface area contributed by atoms with Gasteiger partial charge >= 0.3 is 0 Å². The molecule has 1 atom stereocenters. The maximum atomic E-state index is 12.6. The molecule has 24 heavy (non-hydrogen) atoms. The van der Waals surface area contributed by atoms with Crippen LogP contribution < -0.4 is 0 Å². The normalized spacial score (nSPS) is 20.1. The van der Waals surface area contributed by atoms with Crippen molar-refractivity contribution in [3.63, 3.8) is 0 Å². The predicted octanol–water partition coefficient (Wildman–Crippen LogP) is 2.62. The standard InChI is InChI=1S/C17H16N2O3S2/c18-12-13-3-1-4-14(11-13)17(20)19-7-6-16(15-5-2-9-23-15)24(21,22)10-8-19/h1-5,9,11,16H,6-8,10H2. The number of carbonyl (C=O) groups excluding carboxylic acids is 1. The first kappa shape index (κ1) is 16.7. The second-order valence-corrected chi connectivity index (χ2v) is 8.93. The topological polar surface area (TPSA) is 78.2 Å². The van der Waals surface area contributed by atoms with Crippen LogP contribution in [-0.2, 0) is 9.84 Å². The molecule has 0 bridgehead atoms. The minimum Gasteiger partial charge on any atom is -0.338 e. The molecule has 0 N–H and O–H groups in total. The summed E-state index contributed by atoms with van der Waals surface area (Å²) in [6, 6.07) is 12.2. The lowest BCUT2D eigenvalue weighted by Crippen LogP contribution is -2.33. The molecule has 1 amide bonds. The summed E-state index contributed by atoms with van der Waals surface area (Å²) in [4.78, 5) is 15.0. The van der Waals surface area contributed by atoms with Gasteiger partial charge in [0.15, 0.2) is 9.84 Å². The van der Waals surface area contributed by atoms with E-state index in [1.807, 2.05) is 23.6 Å². The van der Waals surface area contributed by atoms with Crippen molar-refractivity contribution in [2.24, 2.45) is 0 Å². The lowest BCUT2D eigenvalue weighted by atomic mass is 10.1. The van der Waals surface area contributed by atoms with E-state index in [-0.39, 0.29) is 18.2 Å². The number of thiophene rings is 1. The third kappa shape index (κ3) is 3.35. The second kappa shape index (κ2) is 6.75. The highest BCUT2D eigenvalue weighted by Gasteiger charge is 2.33. The van der Waals surface area contributed by atoms with E-state index < -0.39 is 15.1 Å². The molecule has 1 saturated heterocycles. The van der Waals surface area contributed by atoms with Gasteiger partial charge in [-0.25, -0.2) is 8.42 Å². The van der Waals surface area contributed by atoms with Gasteiger partial charge in [-0.3, -0.25) is 4.79 Å². The van der Waals surface area contributed by atoms with Crippen LogP contribution in [0.15, 0.2) is 41.8 Å². The minimum absolute atomic E-state index is 0.0424. The van der Waals surface area contributed by atoms with Gasteiger partial charge in [-0.1, -0.05) is 12.1 Å². The van der Waals surface area contributed by atoms with E-state index >= 15 is 0 Å². The minimum atomic E-state index is -3.28. The summed E-state index contributed by atoms with van der Waals surface area (Å²) in [5.74, 6) is -0.270. The lowest BCUT2D eigenvalue weighted by Gasteiger charge is -2.20. The van der Waals surface area contributed by atoms with Crippen LogP contribution in [0.25, 0.3) is 0 Å². The fourth-order valence-corrected chi connectivity index (χ4v) is 5.85. The Morgan fingerprint density at radius 3 is 2.79 bits per heavy atom. The molecule has 1 fully saturated rings. The number of carbonyl (C=O) groups is 1. The molecule has 1 aliphatic heterocycles. The Bertz CT molecular complexity index is 883. The van der Waals surface area contributed by atoms with Gasteiger partial charge < -0.3 is 4.90 Å². The van der Waals surface area contributed by atoms with Gasteiger partial charge in [-0.2, -0.15) is 5.26 Å². The van der Waals surface area contributed by atoms with Crippen molar-refractivity contribution in [3.05, 3.63) is 57.8 Å². The highest BCUT2D eigenvalue weighted by atomic mass is 32.2. The summed E-state index contributed by atoms with van der Waals surface area (Å²) < 4.78 is 25.1. The van der Waals surface area contributed by atoms with E-state index in [1.54, 1.807) is 29.2 Å². The number of sulfone groups is 1. The summed E-state index contributed by atoms with van der Waals surface area (Å²) in [5, 5.41) is 10.3. The summed E-state index contributed by atoms with van der Waals surface area (Å²) in [5.41, 5.74) is 0.834. The number of benzene rings is 1. The highest BCUT2D eigenvalue weighted by Crippen LogP contribution is 2.32. The van der Waals surface area contributed by atoms with E-state index in [2.05, 4.69) is 0 Å². The monoisotopic (exact) mass is 360 g/mol. The Hall–Kier alpha value is -2.17. The quantitative estimate of drug-likeness (QED) is 0.825.